The Balaban J connectivity index is 2.58. The van der Waals surface area contributed by atoms with Gasteiger partial charge < -0.3 is 4.74 Å². The number of halogens is 2. The van der Waals surface area contributed by atoms with E-state index in [1.807, 2.05) is 19.1 Å². The molecule has 0 bridgehead atoms. The molecule has 0 aliphatic rings. The van der Waals surface area contributed by atoms with Crippen molar-refractivity contribution in [2.45, 2.75) is 12.8 Å². The Kier molecular flexibility index (Phi) is 3.60. The number of hydrogen-bond donors (Lipinski definition) is 0. The van der Waals surface area contributed by atoms with Crippen LogP contribution in [-0.2, 0) is 5.88 Å². The SMILES string of the molecule is COc1ccc(Cl)cc1-n1ncc(CCl)c1C. The first kappa shape index (κ1) is 12.3. The van der Waals surface area contributed by atoms with E-state index in [9.17, 15) is 0 Å². The first-order valence-electron chi connectivity index (χ1n) is 5.10. The maximum absolute atomic E-state index is 5.99. The van der Waals surface area contributed by atoms with Crippen LogP contribution in [0.15, 0.2) is 24.4 Å². The number of methoxy groups -OCH3 is 1. The largest absolute Gasteiger partial charge is 0.494 e. The van der Waals surface area contributed by atoms with Crippen LogP contribution in [-0.4, -0.2) is 16.9 Å². The third-order valence-electron chi connectivity index (χ3n) is 2.62. The van der Waals surface area contributed by atoms with Crippen molar-refractivity contribution in [1.29, 1.82) is 0 Å². The van der Waals surface area contributed by atoms with Gasteiger partial charge in [0.1, 0.15) is 11.4 Å². The van der Waals surface area contributed by atoms with Crippen molar-refractivity contribution in [2.75, 3.05) is 7.11 Å². The summed E-state index contributed by atoms with van der Waals surface area (Å²) in [6.45, 7) is 1.96. The van der Waals surface area contributed by atoms with Crippen molar-refractivity contribution in [3.8, 4) is 11.4 Å². The maximum atomic E-state index is 5.99. The molecular weight excluding hydrogens is 259 g/mol. The highest BCUT2D eigenvalue weighted by Gasteiger charge is 2.12. The Morgan fingerprint density at radius 1 is 1.41 bits per heavy atom. The molecule has 1 heterocycles. The Morgan fingerprint density at radius 3 is 2.76 bits per heavy atom. The third-order valence-corrected chi connectivity index (χ3v) is 3.15. The topological polar surface area (TPSA) is 27.1 Å². The molecule has 5 heteroatoms. The summed E-state index contributed by atoms with van der Waals surface area (Å²) in [5.74, 6) is 1.16. The Bertz CT molecular complexity index is 537. The van der Waals surface area contributed by atoms with Crippen LogP contribution in [0.2, 0.25) is 5.02 Å². The van der Waals surface area contributed by atoms with Crippen LogP contribution in [0.5, 0.6) is 5.75 Å². The first-order valence-corrected chi connectivity index (χ1v) is 6.02. The Hall–Kier alpha value is -1.19. The van der Waals surface area contributed by atoms with Crippen molar-refractivity contribution in [3.63, 3.8) is 0 Å². The Morgan fingerprint density at radius 2 is 2.18 bits per heavy atom. The zero-order valence-electron chi connectivity index (χ0n) is 9.58. The van der Waals surface area contributed by atoms with E-state index in [2.05, 4.69) is 5.10 Å². The van der Waals surface area contributed by atoms with Gasteiger partial charge in [0.05, 0.1) is 19.2 Å². The number of alkyl halides is 1. The van der Waals surface area contributed by atoms with Gasteiger partial charge in [-0.15, -0.1) is 11.6 Å². The summed E-state index contributed by atoms with van der Waals surface area (Å²) in [5.41, 5.74) is 2.79. The molecule has 17 heavy (non-hydrogen) atoms. The van der Waals surface area contributed by atoms with Gasteiger partial charge in [-0.2, -0.15) is 5.10 Å². The smallest absolute Gasteiger partial charge is 0.144 e. The van der Waals surface area contributed by atoms with E-state index in [4.69, 9.17) is 27.9 Å². The molecule has 1 aromatic heterocycles. The number of ether oxygens (including phenoxy) is 1. The van der Waals surface area contributed by atoms with Gasteiger partial charge in [0.2, 0.25) is 0 Å². The van der Waals surface area contributed by atoms with E-state index in [0.29, 0.717) is 10.9 Å². The van der Waals surface area contributed by atoms with Crippen molar-refractivity contribution >= 4 is 23.2 Å². The van der Waals surface area contributed by atoms with Gasteiger partial charge in [0.15, 0.2) is 0 Å². The van der Waals surface area contributed by atoms with Gasteiger partial charge in [0, 0.05) is 16.3 Å². The summed E-state index contributed by atoms with van der Waals surface area (Å²) >= 11 is 11.8. The van der Waals surface area contributed by atoms with Gasteiger partial charge in [-0.25, -0.2) is 4.68 Å². The molecule has 0 aliphatic carbocycles. The second-order valence-electron chi connectivity index (χ2n) is 3.62. The fourth-order valence-corrected chi connectivity index (χ4v) is 2.07. The van der Waals surface area contributed by atoms with Crippen molar-refractivity contribution < 1.29 is 4.74 Å². The molecule has 2 rings (SSSR count). The van der Waals surface area contributed by atoms with E-state index in [-0.39, 0.29) is 0 Å². The fraction of sp³-hybridized carbons (Fsp3) is 0.250. The highest BCUT2D eigenvalue weighted by atomic mass is 35.5. The van der Waals surface area contributed by atoms with Gasteiger partial charge in [-0.3, -0.25) is 0 Å². The number of aromatic nitrogens is 2. The molecule has 0 amide bonds. The second kappa shape index (κ2) is 4.98. The second-order valence-corrected chi connectivity index (χ2v) is 4.32. The zero-order valence-corrected chi connectivity index (χ0v) is 11.1. The van der Waals surface area contributed by atoms with Crippen LogP contribution >= 0.6 is 23.2 Å². The van der Waals surface area contributed by atoms with Gasteiger partial charge in [0.25, 0.3) is 0 Å². The van der Waals surface area contributed by atoms with Crippen LogP contribution < -0.4 is 4.74 Å². The molecule has 0 saturated heterocycles. The number of nitrogens with zero attached hydrogens (tertiary/aromatic N) is 2. The van der Waals surface area contributed by atoms with Crippen LogP contribution in [0.4, 0.5) is 0 Å². The molecule has 0 aliphatic heterocycles. The summed E-state index contributed by atoms with van der Waals surface area (Å²) in [7, 11) is 1.62. The molecule has 2 aromatic rings. The lowest BCUT2D eigenvalue weighted by Crippen LogP contribution is -2.02. The molecule has 0 unspecified atom stereocenters. The van der Waals surface area contributed by atoms with E-state index in [0.717, 1.165) is 22.7 Å². The average Bonchev–Trinajstić information content (AvgIpc) is 2.70. The molecule has 0 N–H and O–H groups in total. The van der Waals surface area contributed by atoms with Crippen LogP contribution in [0, 0.1) is 6.92 Å². The first-order chi connectivity index (χ1) is 8.17. The van der Waals surface area contributed by atoms with Gasteiger partial charge in [-0.1, -0.05) is 11.6 Å². The molecule has 3 nitrogen and oxygen atoms in total. The van der Waals surface area contributed by atoms with Crippen LogP contribution in [0.1, 0.15) is 11.3 Å². The van der Waals surface area contributed by atoms with E-state index >= 15 is 0 Å². The molecule has 0 atom stereocenters. The highest BCUT2D eigenvalue weighted by Crippen LogP contribution is 2.27. The summed E-state index contributed by atoms with van der Waals surface area (Å²) in [4.78, 5) is 0. The normalized spacial score (nSPS) is 10.6. The highest BCUT2D eigenvalue weighted by molar-refractivity contribution is 6.30. The van der Waals surface area contributed by atoms with Crippen molar-refractivity contribution in [1.82, 2.24) is 9.78 Å². The summed E-state index contributed by atoms with van der Waals surface area (Å²) in [5, 5.41) is 4.94. The molecule has 0 radical (unpaired) electrons. The minimum Gasteiger partial charge on any atom is -0.494 e. The third kappa shape index (κ3) is 2.26. The molecule has 0 fully saturated rings. The van der Waals surface area contributed by atoms with Crippen LogP contribution in [0.3, 0.4) is 0 Å². The lowest BCUT2D eigenvalue weighted by Gasteiger charge is -2.10. The summed E-state index contributed by atoms with van der Waals surface area (Å²) in [6.07, 6.45) is 1.75. The zero-order chi connectivity index (χ0) is 12.4. The molecular formula is C12H12Cl2N2O. The van der Waals surface area contributed by atoms with Crippen molar-refractivity contribution in [2.24, 2.45) is 0 Å². The quantitative estimate of drug-likeness (QED) is 0.798. The molecule has 90 valence electrons. The molecule has 0 spiro atoms. The standard InChI is InChI=1S/C12H12Cl2N2O/c1-8-9(6-13)7-15-16(8)11-5-10(14)3-4-12(11)17-2/h3-5,7H,6H2,1-2H3. The monoisotopic (exact) mass is 270 g/mol. The predicted octanol–water partition coefficient (Wildman–Crippen LogP) is 3.58. The van der Waals surface area contributed by atoms with Gasteiger partial charge >= 0.3 is 0 Å². The van der Waals surface area contributed by atoms with E-state index < -0.39 is 0 Å². The summed E-state index contributed by atoms with van der Waals surface area (Å²) in [6, 6.07) is 5.42. The van der Waals surface area contributed by atoms with Crippen molar-refractivity contribution in [3.05, 3.63) is 40.7 Å². The van der Waals surface area contributed by atoms with Gasteiger partial charge in [-0.05, 0) is 25.1 Å². The number of hydrogen-bond acceptors (Lipinski definition) is 2. The minimum absolute atomic E-state index is 0.439. The van der Waals surface area contributed by atoms with E-state index in [1.165, 1.54) is 0 Å². The molecule has 0 saturated carbocycles. The lowest BCUT2D eigenvalue weighted by atomic mass is 10.2. The average molecular weight is 271 g/mol. The minimum atomic E-state index is 0.439. The Labute approximate surface area is 110 Å². The number of rotatable bonds is 3. The molecule has 1 aromatic carbocycles. The lowest BCUT2D eigenvalue weighted by molar-refractivity contribution is 0.411. The summed E-state index contributed by atoms with van der Waals surface area (Å²) < 4.78 is 7.08. The van der Waals surface area contributed by atoms with E-state index in [1.54, 1.807) is 24.1 Å². The fourth-order valence-electron chi connectivity index (χ4n) is 1.65. The predicted molar refractivity (Wildman–Crippen MR) is 69.4 cm³/mol. The maximum Gasteiger partial charge on any atom is 0.144 e. The number of benzene rings is 1. The van der Waals surface area contributed by atoms with Crippen LogP contribution in [0.25, 0.3) is 5.69 Å².